The minimum Gasteiger partial charge on any atom is -0.356 e. The van der Waals surface area contributed by atoms with E-state index in [0.29, 0.717) is 36.5 Å². The summed E-state index contributed by atoms with van der Waals surface area (Å²) in [4.78, 5) is 27.7. The third-order valence-corrected chi connectivity index (χ3v) is 5.03. The lowest BCUT2D eigenvalue weighted by molar-refractivity contribution is -0.119. The summed E-state index contributed by atoms with van der Waals surface area (Å²) in [5.74, 6) is 2.13. The van der Waals surface area contributed by atoms with E-state index in [2.05, 4.69) is 42.5 Å². The van der Waals surface area contributed by atoms with Gasteiger partial charge in [-0.2, -0.15) is 0 Å². The number of carbonyl (C=O) groups excluding carboxylic acids is 2. The van der Waals surface area contributed by atoms with Crippen molar-refractivity contribution >= 4 is 17.6 Å². The number of allylic oxidation sites excluding steroid dienone is 1. The minimum atomic E-state index is -0.000679. The number of amides is 2. The lowest BCUT2D eigenvalue weighted by Crippen LogP contribution is -2.36. The molecule has 1 heterocycles. The number of aromatic nitrogens is 1. The molecule has 25 heavy (non-hydrogen) atoms. The molecule has 1 aliphatic carbocycles. The van der Waals surface area contributed by atoms with Gasteiger partial charge in [0.25, 0.3) is 0 Å². The molecular weight excluding hydrogens is 314 g/mol. The number of anilines is 1. The van der Waals surface area contributed by atoms with Gasteiger partial charge in [0.15, 0.2) is 0 Å². The van der Waals surface area contributed by atoms with Crippen molar-refractivity contribution in [3.8, 4) is 0 Å². The molecule has 0 unspecified atom stereocenters. The maximum absolute atomic E-state index is 12.4. The van der Waals surface area contributed by atoms with Gasteiger partial charge >= 0.3 is 0 Å². The monoisotopic (exact) mass is 343 g/mol. The maximum Gasteiger partial charge on any atom is 0.226 e. The molecule has 5 heteroatoms. The molecule has 0 aliphatic heterocycles. The van der Waals surface area contributed by atoms with Crippen LogP contribution in [0, 0.1) is 23.7 Å². The fraction of sp³-hybridized carbons (Fsp3) is 0.550. The van der Waals surface area contributed by atoms with Crippen molar-refractivity contribution < 1.29 is 9.59 Å². The Labute approximate surface area is 150 Å². The summed E-state index contributed by atoms with van der Waals surface area (Å²) in [5.41, 5.74) is 1.24. The number of nitrogens with zero attached hydrogens (tertiary/aromatic N) is 1. The molecule has 0 fully saturated rings. The number of nitrogens with one attached hydrogen (secondary N) is 2. The van der Waals surface area contributed by atoms with Crippen molar-refractivity contribution in [1.82, 2.24) is 10.3 Å². The second-order valence-corrected chi connectivity index (χ2v) is 7.32. The van der Waals surface area contributed by atoms with E-state index in [0.717, 1.165) is 6.42 Å². The Balaban J connectivity index is 2.02. The molecule has 0 saturated heterocycles. The van der Waals surface area contributed by atoms with Gasteiger partial charge in [0.2, 0.25) is 11.8 Å². The minimum absolute atomic E-state index is 0.000679. The van der Waals surface area contributed by atoms with Crippen LogP contribution in [0.25, 0.3) is 0 Å². The third-order valence-electron chi connectivity index (χ3n) is 5.03. The Morgan fingerprint density at radius 3 is 2.68 bits per heavy atom. The van der Waals surface area contributed by atoms with Gasteiger partial charge in [-0.25, -0.2) is 4.98 Å². The molecule has 2 rings (SSSR count). The van der Waals surface area contributed by atoms with E-state index in [-0.39, 0.29) is 17.7 Å². The number of rotatable bonds is 6. The zero-order valence-electron chi connectivity index (χ0n) is 15.6. The molecule has 3 atom stereocenters. The first-order valence-electron chi connectivity index (χ1n) is 9.00. The van der Waals surface area contributed by atoms with Crippen molar-refractivity contribution in [2.24, 2.45) is 23.7 Å². The molecule has 1 aliphatic rings. The summed E-state index contributed by atoms with van der Waals surface area (Å²) in [5, 5.41) is 5.81. The number of carbonyl (C=O) groups is 2. The van der Waals surface area contributed by atoms with Gasteiger partial charge in [-0.1, -0.05) is 31.6 Å². The number of hydrogen-bond donors (Lipinski definition) is 2. The van der Waals surface area contributed by atoms with Crippen LogP contribution in [0.1, 0.15) is 40.5 Å². The van der Waals surface area contributed by atoms with Crippen molar-refractivity contribution in [2.75, 3.05) is 11.9 Å². The molecule has 2 amide bonds. The molecule has 0 aromatic carbocycles. The standard InChI is InChI=1S/C20H29N3O2/c1-13(2)18-10-16(14(3)9-17(18)12-22-15(4)24)11-20(25)23-19-7-5-6-8-21-19/h5-9,13,16-18H,10-12H2,1-4H3,(H,22,24)(H,21,23,25)/t16-,17-,18-/m0/s1. The van der Waals surface area contributed by atoms with Crippen molar-refractivity contribution in [1.29, 1.82) is 0 Å². The molecular formula is C20H29N3O2. The third kappa shape index (κ3) is 5.69. The normalized spacial score (nSPS) is 23.1. The first kappa shape index (κ1) is 19.2. The van der Waals surface area contributed by atoms with Gasteiger partial charge < -0.3 is 10.6 Å². The van der Waals surface area contributed by atoms with Crippen LogP contribution in [0.4, 0.5) is 5.82 Å². The van der Waals surface area contributed by atoms with E-state index in [1.807, 2.05) is 12.1 Å². The highest BCUT2D eigenvalue weighted by molar-refractivity contribution is 5.90. The Bertz CT molecular complexity index is 625. The van der Waals surface area contributed by atoms with Crippen LogP contribution in [0.2, 0.25) is 0 Å². The average Bonchev–Trinajstić information content (AvgIpc) is 2.55. The topological polar surface area (TPSA) is 71.1 Å². The highest BCUT2D eigenvalue weighted by Gasteiger charge is 2.32. The van der Waals surface area contributed by atoms with Crippen molar-refractivity contribution in [2.45, 2.75) is 40.5 Å². The first-order chi connectivity index (χ1) is 11.9. The van der Waals surface area contributed by atoms with Gasteiger partial charge in [0, 0.05) is 26.1 Å². The Kier molecular flexibility index (Phi) is 6.73. The highest BCUT2D eigenvalue weighted by Crippen LogP contribution is 2.38. The van der Waals surface area contributed by atoms with Crippen molar-refractivity contribution in [3.63, 3.8) is 0 Å². The zero-order chi connectivity index (χ0) is 18.4. The summed E-state index contributed by atoms with van der Waals surface area (Å²) >= 11 is 0. The van der Waals surface area contributed by atoms with Crippen LogP contribution in [-0.2, 0) is 9.59 Å². The second kappa shape index (κ2) is 8.79. The van der Waals surface area contributed by atoms with Crippen LogP contribution in [0.15, 0.2) is 36.0 Å². The van der Waals surface area contributed by atoms with Gasteiger partial charge in [0.1, 0.15) is 5.82 Å². The summed E-state index contributed by atoms with van der Waals surface area (Å²) in [6, 6.07) is 5.48. The van der Waals surface area contributed by atoms with Gasteiger partial charge in [0.05, 0.1) is 0 Å². The van der Waals surface area contributed by atoms with E-state index >= 15 is 0 Å². The predicted molar refractivity (Wildman–Crippen MR) is 99.8 cm³/mol. The fourth-order valence-corrected chi connectivity index (χ4v) is 3.62. The Hall–Kier alpha value is -2.17. The zero-order valence-corrected chi connectivity index (χ0v) is 15.6. The first-order valence-corrected chi connectivity index (χ1v) is 9.00. The largest absolute Gasteiger partial charge is 0.356 e. The maximum atomic E-state index is 12.4. The van der Waals surface area contributed by atoms with E-state index in [9.17, 15) is 9.59 Å². The van der Waals surface area contributed by atoms with Gasteiger partial charge in [-0.3, -0.25) is 9.59 Å². The molecule has 0 radical (unpaired) electrons. The number of hydrogen-bond acceptors (Lipinski definition) is 3. The van der Waals surface area contributed by atoms with Crippen molar-refractivity contribution in [3.05, 3.63) is 36.0 Å². The lowest BCUT2D eigenvalue weighted by Gasteiger charge is -2.37. The lowest BCUT2D eigenvalue weighted by atomic mass is 9.69. The molecule has 1 aromatic heterocycles. The number of pyridine rings is 1. The van der Waals surface area contributed by atoms with Gasteiger partial charge in [-0.15, -0.1) is 0 Å². The van der Waals surface area contributed by atoms with Gasteiger partial charge in [-0.05, 0) is 49.1 Å². The molecule has 2 N–H and O–H groups in total. The fourth-order valence-electron chi connectivity index (χ4n) is 3.62. The summed E-state index contributed by atoms with van der Waals surface area (Å²) in [6.07, 6.45) is 5.36. The van der Waals surface area contributed by atoms with Crippen LogP contribution in [0.3, 0.4) is 0 Å². The van der Waals surface area contributed by atoms with E-state index in [1.54, 1.807) is 19.2 Å². The quantitative estimate of drug-likeness (QED) is 0.778. The molecule has 0 saturated carbocycles. The highest BCUT2D eigenvalue weighted by atomic mass is 16.2. The predicted octanol–water partition coefficient (Wildman–Crippen LogP) is 3.40. The molecule has 0 spiro atoms. The molecule has 1 aromatic rings. The van der Waals surface area contributed by atoms with E-state index in [4.69, 9.17) is 0 Å². The second-order valence-electron chi connectivity index (χ2n) is 7.32. The SMILES string of the molecule is CC(=O)NC[C@@H]1C=C(C)[C@H](CC(=O)Nc2ccccn2)C[C@H]1C(C)C. The molecule has 5 nitrogen and oxygen atoms in total. The van der Waals surface area contributed by atoms with E-state index in [1.165, 1.54) is 5.57 Å². The Morgan fingerprint density at radius 2 is 2.08 bits per heavy atom. The van der Waals surface area contributed by atoms with Crippen LogP contribution in [-0.4, -0.2) is 23.3 Å². The summed E-state index contributed by atoms with van der Waals surface area (Å²) in [7, 11) is 0. The molecule has 136 valence electrons. The van der Waals surface area contributed by atoms with Crippen LogP contribution < -0.4 is 10.6 Å². The molecule has 0 bridgehead atoms. The summed E-state index contributed by atoms with van der Waals surface area (Å²) < 4.78 is 0. The Morgan fingerprint density at radius 1 is 1.32 bits per heavy atom. The van der Waals surface area contributed by atoms with E-state index < -0.39 is 0 Å². The van der Waals surface area contributed by atoms with Crippen LogP contribution in [0.5, 0.6) is 0 Å². The average molecular weight is 343 g/mol. The smallest absolute Gasteiger partial charge is 0.226 e. The summed E-state index contributed by atoms with van der Waals surface area (Å²) in [6.45, 7) is 8.74. The van der Waals surface area contributed by atoms with Crippen LogP contribution >= 0.6 is 0 Å².